The zero-order valence-electron chi connectivity index (χ0n) is 12.6. The van der Waals surface area contributed by atoms with Crippen molar-refractivity contribution in [2.75, 3.05) is 0 Å². The summed E-state index contributed by atoms with van der Waals surface area (Å²) < 4.78 is 0. The van der Waals surface area contributed by atoms with Crippen LogP contribution in [0.25, 0.3) is 29.9 Å². The van der Waals surface area contributed by atoms with Crippen LogP contribution in [0, 0.1) is 5.41 Å². The summed E-state index contributed by atoms with van der Waals surface area (Å²) in [5, 5.41) is 5.40. The molecule has 0 nitrogen and oxygen atoms in total. The molecule has 1 spiro atoms. The van der Waals surface area contributed by atoms with Crippen molar-refractivity contribution in [3.63, 3.8) is 0 Å². The maximum atomic E-state index is 2.43. The van der Waals surface area contributed by atoms with E-state index in [1.807, 2.05) is 0 Å². The summed E-state index contributed by atoms with van der Waals surface area (Å²) in [6.07, 6.45) is 16.5. The lowest BCUT2D eigenvalue weighted by Gasteiger charge is -2.35. The fourth-order valence-corrected chi connectivity index (χ4v) is 4.38. The first-order valence-electron chi connectivity index (χ1n) is 8.12. The first-order chi connectivity index (χ1) is 11.3. The highest BCUT2D eigenvalue weighted by atomic mass is 14.4. The van der Waals surface area contributed by atoms with Crippen molar-refractivity contribution in [2.45, 2.75) is 0 Å². The van der Waals surface area contributed by atoms with E-state index in [0.29, 0.717) is 0 Å². The third-order valence-corrected chi connectivity index (χ3v) is 5.52. The molecule has 4 aliphatic rings. The fraction of sp³-hybridized carbons (Fsp3) is 0.0435. The smallest absolute Gasteiger partial charge is 0.0515 e. The van der Waals surface area contributed by atoms with E-state index in [2.05, 4.69) is 85.0 Å². The number of fused-ring (bicyclic) bond motifs is 2. The molecule has 0 heterocycles. The lowest BCUT2D eigenvalue weighted by Crippen LogP contribution is -2.38. The molecule has 4 aliphatic carbocycles. The zero-order valence-corrected chi connectivity index (χ0v) is 12.6. The molecule has 0 saturated carbocycles. The van der Waals surface area contributed by atoms with Gasteiger partial charge in [-0.1, -0.05) is 72.8 Å². The molecule has 0 fully saturated rings. The summed E-state index contributed by atoms with van der Waals surface area (Å²) in [6.45, 7) is 0. The number of hydrogen-bond donors (Lipinski definition) is 0. The van der Waals surface area contributed by atoms with Gasteiger partial charge in [0.1, 0.15) is 0 Å². The Morgan fingerprint density at radius 3 is 2.57 bits per heavy atom. The van der Waals surface area contributed by atoms with Crippen LogP contribution in [0.2, 0.25) is 0 Å². The lowest BCUT2D eigenvalue weighted by atomic mass is 9.68. The van der Waals surface area contributed by atoms with Crippen LogP contribution in [0.3, 0.4) is 0 Å². The normalized spacial score (nSPS) is 24.3. The minimum absolute atomic E-state index is 0.0707. The van der Waals surface area contributed by atoms with Crippen molar-refractivity contribution in [1.82, 2.24) is 0 Å². The molecule has 106 valence electrons. The average molecular weight is 290 g/mol. The molecule has 1 atom stereocenters. The molecule has 23 heavy (non-hydrogen) atoms. The maximum Gasteiger partial charge on any atom is 0.0515 e. The van der Waals surface area contributed by atoms with E-state index < -0.39 is 0 Å². The quantitative estimate of drug-likeness (QED) is 0.694. The first-order valence-corrected chi connectivity index (χ1v) is 8.12. The van der Waals surface area contributed by atoms with Crippen LogP contribution in [0.15, 0.2) is 71.8 Å². The van der Waals surface area contributed by atoms with Gasteiger partial charge in [0.15, 0.2) is 0 Å². The predicted molar refractivity (Wildman–Crippen MR) is 95.8 cm³/mol. The second-order valence-electron chi connectivity index (χ2n) is 6.71. The Balaban J connectivity index is 1.83. The standard InChI is InChI=1S/C23H14/c1-2-7-18-16(4-1)12-20-19(18)9-11-23-10-8-15-5-3-6-17(13-22(20)23)21(15)14-23/h1-14H. The highest BCUT2D eigenvalue weighted by molar-refractivity contribution is 5.96. The molecule has 0 amide bonds. The van der Waals surface area contributed by atoms with Gasteiger partial charge in [-0.2, -0.15) is 0 Å². The summed E-state index contributed by atoms with van der Waals surface area (Å²) in [5.41, 5.74) is 5.41. The minimum Gasteiger partial charge on any atom is -0.0657 e. The van der Waals surface area contributed by atoms with Gasteiger partial charge >= 0.3 is 0 Å². The molecular weight excluding hydrogens is 276 g/mol. The van der Waals surface area contributed by atoms with Crippen molar-refractivity contribution >= 4 is 29.9 Å². The Morgan fingerprint density at radius 1 is 0.696 bits per heavy atom. The minimum atomic E-state index is -0.0707. The van der Waals surface area contributed by atoms with Gasteiger partial charge in [-0.15, -0.1) is 0 Å². The van der Waals surface area contributed by atoms with Gasteiger partial charge in [-0.05, 0) is 55.3 Å². The Kier molecular flexibility index (Phi) is 1.89. The molecule has 0 N–H and O–H groups in total. The predicted octanol–water partition coefficient (Wildman–Crippen LogP) is 1.79. The van der Waals surface area contributed by atoms with E-state index in [0.717, 1.165) is 0 Å². The number of benzene rings is 2. The third-order valence-electron chi connectivity index (χ3n) is 5.52. The van der Waals surface area contributed by atoms with Crippen molar-refractivity contribution in [3.8, 4) is 0 Å². The first kappa shape index (κ1) is 11.7. The number of hydrogen-bond acceptors (Lipinski definition) is 0. The molecule has 2 aromatic rings. The zero-order chi connectivity index (χ0) is 15.0. The largest absolute Gasteiger partial charge is 0.0657 e. The lowest BCUT2D eigenvalue weighted by molar-refractivity contribution is 0.819. The summed E-state index contributed by atoms with van der Waals surface area (Å²) >= 11 is 0. The van der Waals surface area contributed by atoms with Crippen molar-refractivity contribution in [1.29, 1.82) is 0 Å². The molecule has 0 aliphatic heterocycles. The van der Waals surface area contributed by atoms with Crippen LogP contribution in [-0.4, -0.2) is 0 Å². The van der Waals surface area contributed by atoms with Gasteiger partial charge in [0.25, 0.3) is 0 Å². The molecule has 0 saturated heterocycles. The van der Waals surface area contributed by atoms with Gasteiger partial charge < -0.3 is 0 Å². The van der Waals surface area contributed by atoms with Gasteiger partial charge in [0.05, 0.1) is 5.41 Å². The second-order valence-corrected chi connectivity index (χ2v) is 6.71. The van der Waals surface area contributed by atoms with Crippen LogP contribution in [-0.2, 0) is 0 Å². The summed E-state index contributed by atoms with van der Waals surface area (Å²) in [6, 6.07) is 15.3. The van der Waals surface area contributed by atoms with Crippen LogP contribution >= 0.6 is 0 Å². The summed E-state index contributed by atoms with van der Waals surface area (Å²) in [7, 11) is 0. The molecule has 0 radical (unpaired) electrons. The highest BCUT2D eigenvalue weighted by Gasteiger charge is 2.35. The monoisotopic (exact) mass is 290 g/mol. The van der Waals surface area contributed by atoms with Crippen LogP contribution in [0.4, 0.5) is 0 Å². The maximum absolute atomic E-state index is 2.43. The van der Waals surface area contributed by atoms with Crippen molar-refractivity contribution in [3.05, 3.63) is 98.3 Å². The van der Waals surface area contributed by atoms with Crippen LogP contribution < -0.4 is 20.9 Å². The Hall–Kier alpha value is -2.86. The van der Waals surface area contributed by atoms with E-state index in [1.165, 1.54) is 43.2 Å². The SMILES string of the molecule is C1=CC23C=Cc4cccc(c4=C2)=CC3=C2C=c3ccccc3=C12. The molecule has 1 unspecified atom stereocenters. The summed E-state index contributed by atoms with van der Waals surface area (Å²) in [5.74, 6) is 0. The Labute approximate surface area is 134 Å². The van der Waals surface area contributed by atoms with Crippen LogP contribution in [0.5, 0.6) is 0 Å². The fourth-order valence-electron chi connectivity index (χ4n) is 4.38. The van der Waals surface area contributed by atoms with E-state index in [4.69, 9.17) is 0 Å². The van der Waals surface area contributed by atoms with E-state index in [1.54, 1.807) is 0 Å². The topological polar surface area (TPSA) is 0 Å². The molecule has 6 rings (SSSR count). The molecule has 2 aromatic carbocycles. The number of allylic oxidation sites excluding steroid dienone is 5. The number of rotatable bonds is 0. The van der Waals surface area contributed by atoms with Crippen molar-refractivity contribution < 1.29 is 0 Å². The van der Waals surface area contributed by atoms with Gasteiger partial charge in [-0.3, -0.25) is 0 Å². The Morgan fingerprint density at radius 2 is 1.57 bits per heavy atom. The molecule has 0 aromatic heterocycles. The molecular formula is C23H14. The van der Waals surface area contributed by atoms with Crippen LogP contribution in [0.1, 0.15) is 5.56 Å². The van der Waals surface area contributed by atoms with E-state index in [-0.39, 0.29) is 5.41 Å². The highest BCUT2D eigenvalue weighted by Crippen LogP contribution is 2.45. The summed E-state index contributed by atoms with van der Waals surface area (Å²) in [4.78, 5) is 0. The van der Waals surface area contributed by atoms with Gasteiger partial charge in [-0.25, -0.2) is 0 Å². The van der Waals surface area contributed by atoms with Gasteiger partial charge in [0.2, 0.25) is 0 Å². The Bertz CT molecular complexity index is 1250. The second kappa shape index (κ2) is 3.72. The molecule has 2 bridgehead atoms. The molecule has 0 heteroatoms. The van der Waals surface area contributed by atoms with E-state index in [9.17, 15) is 0 Å². The third kappa shape index (κ3) is 1.33. The average Bonchev–Trinajstić information content (AvgIpc) is 2.98. The van der Waals surface area contributed by atoms with E-state index >= 15 is 0 Å². The van der Waals surface area contributed by atoms with Crippen molar-refractivity contribution in [2.24, 2.45) is 5.41 Å². The van der Waals surface area contributed by atoms with Gasteiger partial charge in [0, 0.05) is 0 Å².